The number of hydrogen-bond donors (Lipinski definition) is 1. The Morgan fingerprint density at radius 2 is 1.78 bits per heavy atom. The quantitative estimate of drug-likeness (QED) is 0.323. The molecule has 5 rings (SSSR count). The maximum Gasteiger partial charge on any atom is 0.457 e. The Kier molecular flexibility index (Phi) is 7.45. The number of aromatic nitrogens is 3. The van der Waals surface area contributed by atoms with Gasteiger partial charge in [-0.1, -0.05) is 6.08 Å². The molecule has 218 valence electrons. The Labute approximate surface area is 231 Å². The van der Waals surface area contributed by atoms with E-state index in [1.54, 1.807) is 31.0 Å². The number of ether oxygens (including phenoxy) is 1. The number of morpholine rings is 1. The molecule has 0 radical (unpaired) electrons. The molecule has 1 N–H and O–H groups in total. The number of carbonyl (C=O) groups is 1. The summed E-state index contributed by atoms with van der Waals surface area (Å²) in [7, 11) is 1.78. The van der Waals surface area contributed by atoms with E-state index in [1.807, 2.05) is 12.1 Å². The standard InChI is InChI=1S/C27H26F6N6O2/c1-16-9-21(28)23(36-25(40)39-4-3-19(15-39)26(29,30)27(31,32)33)12-20(16)17-10-22(18-13-34-37(2)14-18)35-24(11-17)38-5-7-41-8-6-38/h3,9-14H,4-8,15H2,1-2H3,(H,36,40). The van der Waals surface area contributed by atoms with E-state index in [1.165, 1.54) is 12.1 Å². The van der Waals surface area contributed by atoms with Crippen molar-refractivity contribution in [1.82, 2.24) is 19.7 Å². The lowest BCUT2D eigenvalue weighted by Crippen LogP contribution is -2.41. The highest BCUT2D eigenvalue weighted by Crippen LogP contribution is 2.42. The molecule has 1 fully saturated rings. The summed E-state index contributed by atoms with van der Waals surface area (Å²) >= 11 is 0. The molecule has 0 saturated carbocycles. The van der Waals surface area contributed by atoms with Crippen LogP contribution >= 0.6 is 0 Å². The first-order chi connectivity index (χ1) is 19.3. The Hall–Kier alpha value is -4.07. The number of urea groups is 1. The van der Waals surface area contributed by atoms with Crippen molar-refractivity contribution in [2.75, 3.05) is 49.6 Å². The van der Waals surface area contributed by atoms with Gasteiger partial charge in [0.25, 0.3) is 0 Å². The monoisotopic (exact) mass is 580 g/mol. The van der Waals surface area contributed by atoms with Gasteiger partial charge in [0, 0.05) is 50.6 Å². The van der Waals surface area contributed by atoms with Crippen molar-refractivity contribution < 1.29 is 35.9 Å². The summed E-state index contributed by atoms with van der Waals surface area (Å²) in [5, 5.41) is 6.54. The molecule has 2 aliphatic heterocycles. The minimum atomic E-state index is -5.79. The van der Waals surface area contributed by atoms with Crippen LogP contribution in [0.1, 0.15) is 5.56 Å². The normalized spacial score (nSPS) is 16.2. The van der Waals surface area contributed by atoms with E-state index < -0.39 is 42.6 Å². The number of nitrogens with one attached hydrogen (secondary N) is 1. The van der Waals surface area contributed by atoms with Crippen LogP contribution in [0.3, 0.4) is 0 Å². The number of benzene rings is 1. The van der Waals surface area contributed by atoms with E-state index >= 15 is 0 Å². The van der Waals surface area contributed by atoms with Gasteiger partial charge in [0.05, 0.1) is 30.8 Å². The van der Waals surface area contributed by atoms with Crippen molar-refractivity contribution in [1.29, 1.82) is 0 Å². The number of amides is 2. The highest BCUT2D eigenvalue weighted by molar-refractivity contribution is 5.91. The summed E-state index contributed by atoms with van der Waals surface area (Å²) in [6.45, 7) is 2.56. The molecule has 2 amide bonds. The van der Waals surface area contributed by atoms with E-state index in [0.717, 1.165) is 10.5 Å². The molecule has 3 aromatic rings. The van der Waals surface area contributed by atoms with Gasteiger partial charge in [0.2, 0.25) is 0 Å². The number of pyridine rings is 1. The number of aryl methyl sites for hydroxylation is 2. The van der Waals surface area contributed by atoms with Gasteiger partial charge in [-0.2, -0.15) is 27.1 Å². The van der Waals surface area contributed by atoms with Crippen molar-refractivity contribution in [2.45, 2.75) is 19.0 Å². The lowest BCUT2D eigenvalue weighted by Gasteiger charge is -2.28. The Balaban J connectivity index is 1.44. The van der Waals surface area contributed by atoms with Crippen LogP contribution in [0.4, 0.5) is 42.6 Å². The smallest absolute Gasteiger partial charge is 0.378 e. The van der Waals surface area contributed by atoms with Crippen molar-refractivity contribution in [3.05, 3.63) is 59.7 Å². The fraction of sp³-hybridized carbons (Fsp3) is 0.370. The molecule has 41 heavy (non-hydrogen) atoms. The highest BCUT2D eigenvalue weighted by Gasteiger charge is 2.60. The second-order valence-electron chi connectivity index (χ2n) is 9.86. The molecular weight excluding hydrogens is 554 g/mol. The third-order valence-electron chi connectivity index (χ3n) is 6.98. The SMILES string of the molecule is Cc1cc(F)c(NC(=O)N2CC=C(C(F)(F)C(F)(F)F)C2)cc1-c1cc(-c2cnn(C)c2)nc(N2CCOCC2)c1. The summed E-state index contributed by atoms with van der Waals surface area (Å²) in [5.74, 6) is -5.20. The molecule has 1 aromatic carbocycles. The molecule has 0 spiro atoms. The summed E-state index contributed by atoms with van der Waals surface area (Å²) in [4.78, 5) is 20.4. The third-order valence-corrected chi connectivity index (χ3v) is 6.98. The van der Waals surface area contributed by atoms with Crippen LogP contribution in [-0.2, 0) is 11.8 Å². The number of nitrogens with zero attached hydrogens (tertiary/aromatic N) is 5. The van der Waals surface area contributed by atoms with E-state index in [4.69, 9.17) is 9.72 Å². The van der Waals surface area contributed by atoms with E-state index in [0.29, 0.717) is 60.6 Å². The number of anilines is 2. The number of alkyl halides is 5. The topological polar surface area (TPSA) is 75.5 Å². The van der Waals surface area contributed by atoms with E-state index in [2.05, 4.69) is 15.3 Å². The zero-order valence-electron chi connectivity index (χ0n) is 22.1. The second kappa shape index (κ2) is 10.7. The van der Waals surface area contributed by atoms with Gasteiger partial charge in [-0.15, -0.1) is 0 Å². The molecule has 0 atom stereocenters. The van der Waals surface area contributed by atoms with Crippen LogP contribution in [0.15, 0.2) is 48.3 Å². The highest BCUT2D eigenvalue weighted by atomic mass is 19.4. The second-order valence-corrected chi connectivity index (χ2v) is 9.86. The molecule has 14 heteroatoms. The van der Waals surface area contributed by atoms with Gasteiger partial charge in [0.1, 0.15) is 11.6 Å². The van der Waals surface area contributed by atoms with Crippen molar-refractivity contribution in [3.63, 3.8) is 0 Å². The van der Waals surface area contributed by atoms with Crippen molar-refractivity contribution >= 4 is 17.5 Å². The van der Waals surface area contributed by atoms with Crippen LogP contribution in [0.5, 0.6) is 0 Å². The lowest BCUT2D eigenvalue weighted by molar-refractivity contribution is -0.264. The fourth-order valence-corrected chi connectivity index (χ4v) is 4.72. The Bertz CT molecular complexity index is 1500. The molecule has 4 heterocycles. The van der Waals surface area contributed by atoms with Gasteiger partial charge in [-0.25, -0.2) is 14.2 Å². The molecule has 2 aliphatic rings. The molecule has 0 unspecified atom stereocenters. The number of carbonyl (C=O) groups excluding carboxylic acids is 1. The number of hydrogen-bond acceptors (Lipinski definition) is 5. The van der Waals surface area contributed by atoms with E-state index in [9.17, 15) is 31.1 Å². The fourth-order valence-electron chi connectivity index (χ4n) is 4.72. The molecule has 8 nitrogen and oxygen atoms in total. The van der Waals surface area contributed by atoms with Crippen LogP contribution in [0.25, 0.3) is 22.4 Å². The summed E-state index contributed by atoms with van der Waals surface area (Å²) in [5.41, 5.74) is 1.67. The minimum absolute atomic E-state index is 0.251. The number of halogens is 6. The van der Waals surface area contributed by atoms with Gasteiger partial charge in [-0.3, -0.25) is 4.68 Å². The first kappa shape index (κ1) is 28.5. The third kappa shape index (κ3) is 5.73. The molecule has 1 saturated heterocycles. The first-order valence-corrected chi connectivity index (χ1v) is 12.7. The minimum Gasteiger partial charge on any atom is -0.378 e. The van der Waals surface area contributed by atoms with E-state index in [-0.39, 0.29) is 5.69 Å². The van der Waals surface area contributed by atoms with Gasteiger partial charge >= 0.3 is 18.1 Å². The predicted octanol–water partition coefficient (Wildman–Crippen LogP) is 5.40. The van der Waals surface area contributed by atoms with Crippen molar-refractivity contribution in [3.8, 4) is 22.4 Å². The molecule has 2 aromatic heterocycles. The summed E-state index contributed by atoms with van der Waals surface area (Å²) < 4.78 is 87.8. The zero-order chi connectivity index (χ0) is 29.5. The van der Waals surface area contributed by atoms with Crippen LogP contribution in [-0.4, -0.2) is 77.2 Å². The lowest BCUT2D eigenvalue weighted by atomic mass is 9.98. The van der Waals surface area contributed by atoms with Crippen molar-refractivity contribution in [2.24, 2.45) is 7.05 Å². The van der Waals surface area contributed by atoms with Gasteiger partial charge < -0.3 is 19.9 Å². The first-order valence-electron chi connectivity index (χ1n) is 12.7. The van der Waals surface area contributed by atoms with Crippen LogP contribution in [0.2, 0.25) is 0 Å². The van der Waals surface area contributed by atoms with Crippen LogP contribution in [0, 0.1) is 12.7 Å². The maximum absolute atomic E-state index is 15.0. The largest absolute Gasteiger partial charge is 0.457 e. The molecular formula is C27H26F6N6O2. The van der Waals surface area contributed by atoms with Crippen LogP contribution < -0.4 is 10.2 Å². The average Bonchev–Trinajstić information content (AvgIpc) is 3.60. The van der Waals surface area contributed by atoms with Gasteiger partial charge in [-0.05, 0) is 47.9 Å². The predicted molar refractivity (Wildman–Crippen MR) is 139 cm³/mol. The Morgan fingerprint density at radius 1 is 1.05 bits per heavy atom. The number of rotatable bonds is 5. The maximum atomic E-state index is 15.0. The average molecular weight is 581 g/mol. The summed E-state index contributed by atoms with van der Waals surface area (Å²) in [6, 6.07) is 5.26. The zero-order valence-corrected chi connectivity index (χ0v) is 22.1. The molecule has 0 bridgehead atoms. The molecule has 0 aliphatic carbocycles. The Morgan fingerprint density at radius 3 is 2.44 bits per heavy atom. The van der Waals surface area contributed by atoms with Gasteiger partial charge in [0.15, 0.2) is 0 Å². The summed E-state index contributed by atoms with van der Waals surface area (Å²) in [6.07, 6.45) is -1.66.